The zero-order valence-corrected chi connectivity index (χ0v) is 9.57. The average Bonchev–Trinajstić information content (AvgIpc) is 1.78. The highest BCUT2D eigenvalue weighted by Crippen LogP contribution is 2.10. The van der Waals surface area contributed by atoms with Crippen LogP contribution in [0.5, 0.6) is 0 Å². The quantitative estimate of drug-likeness (QED) is 0.524. The summed E-state index contributed by atoms with van der Waals surface area (Å²) in [7, 11) is 0. The summed E-state index contributed by atoms with van der Waals surface area (Å²) in [6.45, 7) is 9.30. The lowest BCUT2D eigenvalue weighted by atomic mass is 10.2. The molecule has 0 fully saturated rings. The Bertz CT molecular complexity index is 94.2. The fraction of sp³-hybridized carbons (Fsp3) is 1.00. The lowest BCUT2D eigenvalue weighted by Gasteiger charge is -2.19. The van der Waals surface area contributed by atoms with Crippen molar-refractivity contribution in [3.8, 4) is 0 Å². The first kappa shape index (κ1) is 11.4. The Morgan fingerprint density at radius 2 is 1.91 bits per heavy atom. The number of ether oxygens (including phenoxy) is 1. The summed E-state index contributed by atoms with van der Waals surface area (Å²) >= 11 is 3.50. The van der Waals surface area contributed by atoms with E-state index < -0.39 is 0 Å². The van der Waals surface area contributed by atoms with Crippen LogP contribution in [0.1, 0.15) is 40.5 Å². The summed E-state index contributed by atoms with van der Waals surface area (Å²) < 4.78 is 5.56. The molecule has 68 valence electrons. The van der Waals surface area contributed by atoms with E-state index in [0.717, 1.165) is 13.0 Å². The van der Waals surface area contributed by atoms with Crippen LogP contribution in [-0.2, 0) is 4.74 Å². The smallest absolute Gasteiger partial charge is 0.0598 e. The zero-order chi connectivity index (χ0) is 8.91. The maximum Gasteiger partial charge on any atom is 0.0598 e. The van der Waals surface area contributed by atoms with Crippen LogP contribution < -0.4 is 0 Å². The normalized spacial score (nSPS) is 15.0. The first-order valence-electron chi connectivity index (χ1n) is 4.20. The molecule has 0 aliphatic rings. The summed E-state index contributed by atoms with van der Waals surface area (Å²) in [5.74, 6) is 0. The number of hydrogen-bond donors (Lipinski definition) is 0. The molecule has 0 aromatic rings. The molecule has 11 heavy (non-hydrogen) atoms. The van der Waals surface area contributed by atoms with E-state index in [4.69, 9.17) is 4.74 Å². The molecule has 0 aliphatic heterocycles. The SMILES string of the molecule is CC(Br)CCCOC(C)(C)C. The summed E-state index contributed by atoms with van der Waals surface area (Å²) in [5, 5.41) is 0. The molecule has 0 spiro atoms. The van der Waals surface area contributed by atoms with Gasteiger partial charge in [0.1, 0.15) is 0 Å². The molecule has 0 aromatic heterocycles. The molecule has 1 unspecified atom stereocenters. The summed E-state index contributed by atoms with van der Waals surface area (Å²) in [4.78, 5) is 0.617. The number of hydrogen-bond acceptors (Lipinski definition) is 1. The average molecular weight is 223 g/mol. The van der Waals surface area contributed by atoms with Gasteiger partial charge in [-0.25, -0.2) is 0 Å². The van der Waals surface area contributed by atoms with Gasteiger partial charge in [-0.05, 0) is 33.6 Å². The molecule has 1 nitrogen and oxygen atoms in total. The van der Waals surface area contributed by atoms with Crippen molar-refractivity contribution in [2.45, 2.75) is 51.0 Å². The van der Waals surface area contributed by atoms with Gasteiger partial charge in [0.25, 0.3) is 0 Å². The van der Waals surface area contributed by atoms with Crippen molar-refractivity contribution in [1.29, 1.82) is 0 Å². The molecule has 0 amide bonds. The van der Waals surface area contributed by atoms with Gasteiger partial charge in [0.05, 0.1) is 5.60 Å². The first-order chi connectivity index (χ1) is 4.92. The fourth-order valence-corrected chi connectivity index (χ4v) is 1.07. The fourth-order valence-electron chi connectivity index (χ4n) is 0.743. The highest BCUT2D eigenvalue weighted by molar-refractivity contribution is 9.09. The maximum absolute atomic E-state index is 5.56. The lowest BCUT2D eigenvalue weighted by molar-refractivity contribution is -0.00446. The number of rotatable bonds is 4. The summed E-state index contributed by atoms with van der Waals surface area (Å²) in [6.07, 6.45) is 2.33. The highest BCUT2D eigenvalue weighted by Gasteiger charge is 2.08. The second-order valence-electron chi connectivity index (χ2n) is 3.88. The van der Waals surface area contributed by atoms with Crippen molar-refractivity contribution in [1.82, 2.24) is 0 Å². The molecule has 2 heteroatoms. The second-order valence-corrected chi connectivity index (χ2v) is 5.45. The van der Waals surface area contributed by atoms with Crippen LogP contribution in [0.3, 0.4) is 0 Å². The van der Waals surface area contributed by atoms with Crippen LogP contribution in [0, 0.1) is 0 Å². The molecule has 0 rings (SSSR count). The summed E-state index contributed by atoms with van der Waals surface area (Å²) in [6, 6.07) is 0. The van der Waals surface area contributed by atoms with Crippen molar-refractivity contribution in [3.05, 3.63) is 0 Å². The van der Waals surface area contributed by atoms with Crippen molar-refractivity contribution in [2.75, 3.05) is 6.61 Å². The standard InChI is InChI=1S/C9H19BrO/c1-8(10)6-5-7-11-9(2,3)4/h8H,5-7H2,1-4H3. The van der Waals surface area contributed by atoms with Crippen LogP contribution in [0.2, 0.25) is 0 Å². The molecule has 1 atom stereocenters. The molecular formula is C9H19BrO. The van der Waals surface area contributed by atoms with Crippen LogP contribution in [0.25, 0.3) is 0 Å². The van der Waals surface area contributed by atoms with E-state index >= 15 is 0 Å². The topological polar surface area (TPSA) is 9.23 Å². The Kier molecular flexibility index (Phi) is 5.36. The van der Waals surface area contributed by atoms with E-state index in [1.165, 1.54) is 6.42 Å². The summed E-state index contributed by atoms with van der Waals surface area (Å²) in [5.41, 5.74) is 0.0234. The predicted molar refractivity (Wildman–Crippen MR) is 53.3 cm³/mol. The van der Waals surface area contributed by atoms with Crippen molar-refractivity contribution >= 4 is 15.9 Å². The lowest BCUT2D eigenvalue weighted by Crippen LogP contribution is -2.19. The van der Waals surface area contributed by atoms with Gasteiger partial charge < -0.3 is 4.74 Å². The van der Waals surface area contributed by atoms with E-state index in [-0.39, 0.29) is 5.60 Å². The van der Waals surface area contributed by atoms with E-state index in [0.29, 0.717) is 4.83 Å². The minimum atomic E-state index is 0.0234. The minimum Gasteiger partial charge on any atom is -0.376 e. The molecule has 0 N–H and O–H groups in total. The molecule has 0 saturated carbocycles. The third-order valence-corrected chi connectivity index (χ3v) is 1.74. The van der Waals surface area contributed by atoms with E-state index in [1.807, 2.05) is 0 Å². The van der Waals surface area contributed by atoms with Crippen LogP contribution in [-0.4, -0.2) is 17.0 Å². The van der Waals surface area contributed by atoms with Crippen LogP contribution >= 0.6 is 15.9 Å². The van der Waals surface area contributed by atoms with Crippen molar-refractivity contribution < 1.29 is 4.74 Å². The van der Waals surface area contributed by atoms with Gasteiger partial charge in [0, 0.05) is 11.4 Å². The predicted octanol–water partition coefficient (Wildman–Crippen LogP) is 3.37. The maximum atomic E-state index is 5.56. The zero-order valence-electron chi connectivity index (χ0n) is 7.98. The number of halogens is 1. The monoisotopic (exact) mass is 222 g/mol. The Labute approximate surface area is 78.6 Å². The third-order valence-electron chi connectivity index (χ3n) is 1.28. The van der Waals surface area contributed by atoms with Gasteiger partial charge in [-0.3, -0.25) is 0 Å². The van der Waals surface area contributed by atoms with Gasteiger partial charge in [0.2, 0.25) is 0 Å². The Hall–Kier alpha value is 0.440. The molecule has 0 heterocycles. The van der Waals surface area contributed by atoms with Gasteiger partial charge >= 0.3 is 0 Å². The molecule has 0 aromatic carbocycles. The molecule has 0 aliphatic carbocycles. The van der Waals surface area contributed by atoms with Gasteiger partial charge in [-0.2, -0.15) is 0 Å². The van der Waals surface area contributed by atoms with E-state index in [9.17, 15) is 0 Å². The third kappa shape index (κ3) is 10.4. The first-order valence-corrected chi connectivity index (χ1v) is 5.11. The minimum absolute atomic E-state index is 0.0234. The van der Waals surface area contributed by atoms with E-state index in [1.54, 1.807) is 0 Å². The molecular weight excluding hydrogens is 204 g/mol. The van der Waals surface area contributed by atoms with Crippen LogP contribution in [0.15, 0.2) is 0 Å². The van der Waals surface area contributed by atoms with Gasteiger partial charge in [0.15, 0.2) is 0 Å². The van der Waals surface area contributed by atoms with Gasteiger partial charge in [-0.1, -0.05) is 22.9 Å². The largest absolute Gasteiger partial charge is 0.376 e. The second kappa shape index (κ2) is 5.15. The van der Waals surface area contributed by atoms with Crippen molar-refractivity contribution in [3.63, 3.8) is 0 Å². The highest BCUT2D eigenvalue weighted by atomic mass is 79.9. The molecule has 0 radical (unpaired) electrons. The Morgan fingerprint density at radius 1 is 1.36 bits per heavy atom. The van der Waals surface area contributed by atoms with E-state index in [2.05, 4.69) is 43.6 Å². The molecule has 0 bridgehead atoms. The van der Waals surface area contributed by atoms with Crippen molar-refractivity contribution in [2.24, 2.45) is 0 Å². The van der Waals surface area contributed by atoms with Crippen LogP contribution in [0.4, 0.5) is 0 Å². The Balaban J connectivity index is 3.15. The Morgan fingerprint density at radius 3 is 2.27 bits per heavy atom. The van der Waals surface area contributed by atoms with Gasteiger partial charge in [-0.15, -0.1) is 0 Å². The number of alkyl halides is 1. The molecule has 0 saturated heterocycles.